The minimum absolute atomic E-state index is 0.0531. The first-order valence-corrected chi connectivity index (χ1v) is 14.6. The third-order valence-corrected chi connectivity index (χ3v) is 8.40. The highest BCUT2D eigenvalue weighted by atomic mass is 16.5. The summed E-state index contributed by atoms with van der Waals surface area (Å²) in [6.07, 6.45) is 22.0. The second-order valence-electron chi connectivity index (χ2n) is 11.1. The van der Waals surface area contributed by atoms with Gasteiger partial charge in [-0.2, -0.15) is 0 Å². The highest BCUT2D eigenvalue weighted by molar-refractivity contribution is 5.75. The molecule has 0 atom stereocenters. The average Bonchev–Trinajstić information content (AvgIpc) is 2.87. The van der Waals surface area contributed by atoms with Gasteiger partial charge in [0, 0.05) is 0 Å². The molecule has 0 saturated heterocycles. The highest BCUT2D eigenvalue weighted by Crippen LogP contribution is 2.35. The molecule has 0 bridgehead atoms. The van der Waals surface area contributed by atoms with Gasteiger partial charge in [0.15, 0.2) is 0 Å². The Morgan fingerprint density at radius 2 is 1.18 bits per heavy atom. The van der Waals surface area contributed by atoms with Crippen molar-refractivity contribution in [3.63, 3.8) is 0 Å². The maximum atomic E-state index is 12.6. The lowest BCUT2D eigenvalue weighted by atomic mass is 9.78. The zero-order chi connectivity index (χ0) is 24.0. The van der Waals surface area contributed by atoms with Gasteiger partial charge in [-0.25, -0.2) is 0 Å². The number of esters is 1. The lowest BCUT2D eigenvalue weighted by Gasteiger charge is -2.28. The molecule has 2 aliphatic carbocycles. The van der Waals surface area contributed by atoms with Gasteiger partial charge in [0.1, 0.15) is 11.5 Å². The first kappa shape index (κ1) is 27.1. The summed E-state index contributed by atoms with van der Waals surface area (Å²) in [7, 11) is 0. The molecule has 2 fully saturated rings. The van der Waals surface area contributed by atoms with E-state index in [0.29, 0.717) is 5.75 Å². The fourth-order valence-electron chi connectivity index (χ4n) is 6.04. The van der Waals surface area contributed by atoms with Crippen LogP contribution >= 0.6 is 0 Å². The van der Waals surface area contributed by atoms with Crippen molar-refractivity contribution in [1.82, 2.24) is 0 Å². The van der Waals surface area contributed by atoms with Crippen molar-refractivity contribution in [2.24, 2.45) is 23.7 Å². The normalized spacial score (nSPS) is 25.1. The Morgan fingerprint density at radius 3 is 1.76 bits per heavy atom. The summed E-state index contributed by atoms with van der Waals surface area (Å²) < 4.78 is 11.6. The van der Waals surface area contributed by atoms with Crippen molar-refractivity contribution in [2.45, 2.75) is 123 Å². The van der Waals surface area contributed by atoms with Crippen molar-refractivity contribution in [1.29, 1.82) is 0 Å². The van der Waals surface area contributed by atoms with Crippen LogP contribution in [0.5, 0.6) is 11.5 Å². The van der Waals surface area contributed by atoms with E-state index in [-0.39, 0.29) is 11.9 Å². The molecule has 0 unspecified atom stereocenters. The Labute approximate surface area is 209 Å². The van der Waals surface area contributed by atoms with E-state index in [4.69, 9.17) is 9.47 Å². The molecule has 0 aromatic heterocycles. The summed E-state index contributed by atoms with van der Waals surface area (Å²) in [5.41, 5.74) is 0. The lowest BCUT2D eigenvalue weighted by Crippen LogP contribution is -2.25. The van der Waals surface area contributed by atoms with Gasteiger partial charge in [-0.05, 0) is 80.5 Å². The van der Waals surface area contributed by atoms with Crippen LogP contribution in [0.2, 0.25) is 0 Å². The first-order chi connectivity index (χ1) is 16.7. The van der Waals surface area contributed by atoms with E-state index < -0.39 is 0 Å². The van der Waals surface area contributed by atoms with Gasteiger partial charge in [-0.15, -0.1) is 0 Å². The van der Waals surface area contributed by atoms with Crippen LogP contribution in [0.1, 0.15) is 123 Å². The van der Waals surface area contributed by atoms with E-state index in [0.717, 1.165) is 49.4 Å². The fraction of sp³-hybridized carbons (Fsp3) is 0.774. The maximum absolute atomic E-state index is 12.6. The standard InChI is InChI=1S/C31H50O3/c1-3-5-7-10-26-12-14-27(15-13-26)11-8-24-33-29-20-22-30(23-21-29)34-31(32)28-18-16-25(17-19-28)9-6-4-2/h20-23,25-28H,3-19,24H2,1-2H3/t25-,26-,27-,28-. The number of hydrogen-bond donors (Lipinski definition) is 0. The van der Waals surface area contributed by atoms with Gasteiger partial charge in [0.2, 0.25) is 0 Å². The van der Waals surface area contributed by atoms with Gasteiger partial charge in [-0.1, -0.05) is 84.5 Å². The summed E-state index contributed by atoms with van der Waals surface area (Å²) in [5.74, 6) is 4.23. The van der Waals surface area contributed by atoms with E-state index >= 15 is 0 Å². The molecule has 0 spiro atoms. The van der Waals surface area contributed by atoms with Crippen molar-refractivity contribution in [2.75, 3.05) is 6.61 Å². The minimum atomic E-state index is -0.0531. The van der Waals surface area contributed by atoms with Crippen molar-refractivity contribution < 1.29 is 14.3 Å². The van der Waals surface area contributed by atoms with Crippen LogP contribution in [0.4, 0.5) is 0 Å². The Balaban J connectivity index is 1.26. The molecule has 0 aliphatic heterocycles. The zero-order valence-electron chi connectivity index (χ0n) is 22.1. The molecule has 3 rings (SSSR count). The molecule has 0 N–H and O–H groups in total. The Kier molecular flexibility index (Phi) is 12.3. The highest BCUT2D eigenvalue weighted by Gasteiger charge is 2.27. The number of carbonyl (C=O) groups is 1. The molecule has 1 aromatic rings. The van der Waals surface area contributed by atoms with E-state index in [1.54, 1.807) is 0 Å². The predicted octanol–water partition coefficient (Wildman–Crippen LogP) is 9.13. The van der Waals surface area contributed by atoms with Crippen LogP contribution < -0.4 is 9.47 Å². The third kappa shape index (κ3) is 9.62. The lowest BCUT2D eigenvalue weighted by molar-refractivity contribution is -0.140. The quantitative estimate of drug-likeness (QED) is 0.154. The summed E-state index contributed by atoms with van der Waals surface area (Å²) in [6.45, 7) is 5.32. The number of rotatable bonds is 14. The second-order valence-corrected chi connectivity index (χ2v) is 11.1. The van der Waals surface area contributed by atoms with Gasteiger partial charge >= 0.3 is 5.97 Å². The van der Waals surface area contributed by atoms with Gasteiger partial charge < -0.3 is 9.47 Å². The van der Waals surface area contributed by atoms with E-state index in [2.05, 4.69) is 13.8 Å². The van der Waals surface area contributed by atoms with Crippen molar-refractivity contribution >= 4 is 5.97 Å². The Bertz CT molecular complexity index is 666. The van der Waals surface area contributed by atoms with E-state index in [9.17, 15) is 4.79 Å². The van der Waals surface area contributed by atoms with Crippen LogP contribution in [0.3, 0.4) is 0 Å². The molecule has 2 saturated carbocycles. The largest absolute Gasteiger partial charge is 0.494 e. The zero-order valence-corrected chi connectivity index (χ0v) is 22.1. The number of ether oxygens (including phenoxy) is 2. The van der Waals surface area contributed by atoms with Crippen LogP contribution in [0, 0.1) is 23.7 Å². The second kappa shape index (κ2) is 15.5. The monoisotopic (exact) mass is 470 g/mol. The number of benzene rings is 1. The molecule has 0 heterocycles. The number of hydrogen-bond acceptors (Lipinski definition) is 3. The van der Waals surface area contributed by atoms with E-state index in [1.807, 2.05) is 24.3 Å². The molecule has 34 heavy (non-hydrogen) atoms. The first-order valence-electron chi connectivity index (χ1n) is 14.6. The van der Waals surface area contributed by atoms with Crippen LogP contribution in [0.15, 0.2) is 24.3 Å². The molecule has 2 aliphatic rings. The van der Waals surface area contributed by atoms with Crippen molar-refractivity contribution in [3.05, 3.63) is 24.3 Å². The van der Waals surface area contributed by atoms with Gasteiger partial charge in [-0.3, -0.25) is 4.79 Å². The van der Waals surface area contributed by atoms with Crippen LogP contribution in [-0.4, -0.2) is 12.6 Å². The minimum Gasteiger partial charge on any atom is -0.494 e. The summed E-state index contributed by atoms with van der Waals surface area (Å²) in [5, 5.41) is 0. The molecule has 3 heteroatoms. The summed E-state index contributed by atoms with van der Waals surface area (Å²) in [6, 6.07) is 7.62. The Hall–Kier alpha value is -1.51. The van der Waals surface area contributed by atoms with Crippen molar-refractivity contribution in [3.8, 4) is 11.5 Å². The third-order valence-electron chi connectivity index (χ3n) is 8.40. The average molecular weight is 471 g/mol. The predicted molar refractivity (Wildman–Crippen MR) is 141 cm³/mol. The van der Waals surface area contributed by atoms with Crippen LogP contribution in [-0.2, 0) is 4.79 Å². The van der Waals surface area contributed by atoms with E-state index in [1.165, 1.54) is 89.9 Å². The topological polar surface area (TPSA) is 35.5 Å². The SMILES string of the molecule is CCCCC[C@H]1CC[C@H](CCCOc2ccc(OC(=O)[C@H]3CC[C@H](CCCC)CC3)cc2)CC1. The molecular formula is C31H50O3. The van der Waals surface area contributed by atoms with Gasteiger partial charge in [0.05, 0.1) is 12.5 Å². The molecule has 0 radical (unpaired) electrons. The molecule has 1 aromatic carbocycles. The molecular weight excluding hydrogens is 420 g/mol. The number of unbranched alkanes of at least 4 members (excludes halogenated alkanes) is 3. The van der Waals surface area contributed by atoms with Gasteiger partial charge in [0.25, 0.3) is 0 Å². The molecule has 3 nitrogen and oxygen atoms in total. The maximum Gasteiger partial charge on any atom is 0.314 e. The number of carbonyl (C=O) groups excluding carboxylic acids is 1. The summed E-state index contributed by atoms with van der Waals surface area (Å²) >= 11 is 0. The summed E-state index contributed by atoms with van der Waals surface area (Å²) in [4.78, 5) is 12.6. The fourth-order valence-corrected chi connectivity index (χ4v) is 6.04. The molecule has 192 valence electrons. The van der Waals surface area contributed by atoms with Crippen LogP contribution in [0.25, 0.3) is 0 Å². The Morgan fingerprint density at radius 1 is 0.676 bits per heavy atom. The smallest absolute Gasteiger partial charge is 0.314 e. The molecule has 0 amide bonds.